The van der Waals surface area contributed by atoms with E-state index in [2.05, 4.69) is 18.7 Å². The van der Waals surface area contributed by atoms with Crippen LogP contribution in [0.1, 0.15) is 58.8 Å². The molecule has 2 aliphatic heterocycles. The average molecular weight is 281 g/mol. The standard InChI is InChI=1S/C17H31NO2/c1-3-4-5-14(2)17(19)18-10-6-15(7-11-18)16-8-12-20-13-9-16/h14-16H,3-13H2,1-2H3/t14-/m1/s1. The van der Waals surface area contributed by atoms with Crippen LogP contribution in [0.25, 0.3) is 0 Å². The molecule has 1 amide bonds. The molecule has 1 atom stereocenters. The fourth-order valence-electron chi connectivity index (χ4n) is 3.72. The maximum atomic E-state index is 12.4. The maximum absolute atomic E-state index is 12.4. The molecule has 0 aromatic carbocycles. The Bertz CT molecular complexity index is 291. The summed E-state index contributed by atoms with van der Waals surface area (Å²) in [6.07, 6.45) is 8.27. The van der Waals surface area contributed by atoms with E-state index in [9.17, 15) is 4.79 Å². The molecule has 0 aliphatic carbocycles. The minimum atomic E-state index is 0.217. The zero-order chi connectivity index (χ0) is 14.4. The Morgan fingerprint density at radius 1 is 1.15 bits per heavy atom. The van der Waals surface area contributed by atoms with E-state index in [0.29, 0.717) is 5.91 Å². The molecule has 2 heterocycles. The van der Waals surface area contributed by atoms with E-state index in [-0.39, 0.29) is 5.92 Å². The van der Waals surface area contributed by atoms with E-state index < -0.39 is 0 Å². The number of carbonyl (C=O) groups is 1. The number of likely N-dealkylation sites (tertiary alicyclic amines) is 1. The summed E-state index contributed by atoms with van der Waals surface area (Å²) in [6, 6.07) is 0. The first-order valence-corrected chi connectivity index (χ1v) is 8.59. The lowest BCUT2D eigenvalue weighted by atomic mass is 9.80. The van der Waals surface area contributed by atoms with Gasteiger partial charge in [-0.1, -0.05) is 26.7 Å². The Labute approximate surface area is 124 Å². The molecule has 0 spiro atoms. The number of carbonyl (C=O) groups excluding carboxylic acids is 1. The first-order valence-electron chi connectivity index (χ1n) is 8.59. The Balaban J connectivity index is 1.74. The molecule has 0 radical (unpaired) electrons. The number of nitrogens with zero attached hydrogens (tertiary/aromatic N) is 1. The van der Waals surface area contributed by atoms with Crippen LogP contribution in [0.15, 0.2) is 0 Å². The maximum Gasteiger partial charge on any atom is 0.225 e. The van der Waals surface area contributed by atoms with Crippen LogP contribution in [0.2, 0.25) is 0 Å². The quantitative estimate of drug-likeness (QED) is 0.772. The van der Waals surface area contributed by atoms with Gasteiger partial charge < -0.3 is 9.64 Å². The van der Waals surface area contributed by atoms with Gasteiger partial charge in [0.25, 0.3) is 0 Å². The Kier molecular flexibility index (Phi) is 6.34. The summed E-state index contributed by atoms with van der Waals surface area (Å²) in [5, 5.41) is 0. The predicted molar refractivity (Wildman–Crippen MR) is 81.5 cm³/mol. The molecule has 2 aliphatic rings. The van der Waals surface area contributed by atoms with Gasteiger partial charge in [0, 0.05) is 32.2 Å². The highest BCUT2D eigenvalue weighted by atomic mass is 16.5. The number of ether oxygens (including phenoxy) is 1. The van der Waals surface area contributed by atoms with Gasteiger partial charge in [-0.3, -0.25) is 4.79 Å². The average Bonchev–Trinajstić information content (AvgIpc) is 2.53. The fourth-order valence-corrected chi connectivity index (χ4v) is 3.72. The molecule has 116 valence electrons. The summed E-state index contributed by atoms with van der Waals surface area (Å²) in [5.74, 6) is 2.28. The van der Waals surface area contributed by atoms with Crippen molar-refractivity contribution in [2.45, 2.75) is 58.8 Å². The summed E-state index contributed by atoms with van der Waals surface area (Å²) in [6.45, 7) is 8.14. The minimum absolute atomic E-state index is 0.217. The van der Waals surface area contributed by atoms with E-state index in [0.717, 1.165) is 44.6 Å². The molecule has 2 fully saturated rings. The lowest BCUT2D eigenvalue weighted by molar-refractivity contribution is -0.137. The van der Waals surface area contributed by atoms with Crippen LogP contribution in [-0.4, -0.2) is 37.1 Å². The van der Waals surface area contributed by atoms with Crippen LogP contribution < -0.4 is 0 Å². The highest BCUT2D eigenvalue weighted by Crippen LogP contribution is 2.32. The molecule has 0 saturated carbocycles. The van der Waals surface area contributed by atoms with Gasteiger partial charge in [-0.15, -0.1) is 0 Å². The third-order valence-electron chi connectivity index (χ3n) is 5.20. The third-order valence-corrected chi connectivity index (χ3v) is 5.20. The summed E-state index contributed by atoms with van der Waals surface area (Å²) >= 11 is 0. The monoisotopic (exact) mass is 281 g/mol. The second kappa shape index (κ2) is 8.02. The second-order valence-electron chi connectivity index (χ2n) is 6.66. The Morgan fingerprint density at radius 3 is 2.35 bits per heavy atom. The molecule has 3 heteroatoms. The number of unbranched alkanes of at least 4 members (excludes halogenated alkanes) is 1. The van der Waals surface area contributed by atoms with Gasteiger partial charge in [-0.2, -0.15) is 0 Å². The number of amides is 1. The van der Waals surface area contributed by atoms with E-state index in [1.54, 1.807) is 0 Å². The molecule has 0 aromatic rings. The minimum Gasteiger partial charge on any atom is -0.381 e. The number of hydrogen-bond acceptors (Lipinski definition) is 2. The van der Waals surface area contributed by atoms with Gasteiger partial charge in [-0.05, 0) is 43.9 Å². The van der Waals surface area contributed by atoms with Gasteiger partial charge in [-0.25, -0.2) is 0 Å². The highest BCUT2D eigenvalue weighted by Gasteiger charge is 2.30. The summed E-state index contributed by atoms with van der Waals surface area (Å²) < 4.78 is 5.45. The fraction of sp³-hybridized carbons (Fsp3) is 0.941. The molecule has 0 aromatic heterocycles. The molecule has 3 nitrogen and oxygen atoms in total. The molecule has 2 rings (SSSR count). The van der Waals surface area contributed by atoms with Gasteiger partial charge >= 0.3 is 0 Å². The van der Waals surface area contributed by atoms with Crippen LogP contribution in [0, 0.1) is 17.8 Å². The topological polar surface area (TPSA) is 29.5 Å². The van der Waals surface area contributed by atoms with E-state index in [1.165, 1.54) is 38.5 Å². The molecular formula is C17H31NO2. The van der Waals surface area contributed by atoms with Crippen LogP contribution >= 0.6 is 0 Å². The van der Waals surface area contributed by atoms with Crippen molar-refractivity contribution in [3.63, 3.8) is 0 Å². The SMILES string of the molecule is CCCC[C@@H](C)C(=O)N1CCC(C2CCOCC2)CC1. The molecular weight excluding hydrogens is 250 g/mol. The Hall–Kier alpha value is -0.570. The molecule has 0 unspecified atom stereocenters. The number of hydrogen-bond donors (Lipinski definition) is 0. The van der Waals surface area contributed by atoms with Crippen molar-refractivity contribution in [1.82, 2.24) is 4.90 Å². The zero-order valence-electron chi connectivity index (χ0n) is 13.3. The third kappa shape index (κ3) is 4.21. The first kappa shape index (κ1) is 15.8. The van der Waals surface area contributed by atoms with Crippen LogP contribution in [0.4, 0.5) is 0 Å². The highest BCUT2D eigenvalue weighted by molar-refractivity contribution is 5.78. The van der Waals surface area contributed by atoms with E-state index >= 15 is 0 Å². The van der Waals surface area contributed by atoms with Crippen LogP contribution in [0.3, 0.4) is 0 Å². The van der Waals surface area contributed by atoms with Crippen LogP contribution in [0.5, 0.6) is 0 Å². The number of piperidine rings is 1. The van der Waals surface area contributed by atoms with Gasteiger partial charge in [0.05, 0.1) is 0 Å². The van der Waals surface area contributed by atoms with Gasteiger partial charge in [0.2, 0.25) is 5.91 Å². The van der Waals surface area contributed by atoms with Gasteiger partial charge in [0.1, 0.15) is 0 Å². The molecule has 0 N–H and O–H groups in total. The molecule has 20 heavy (non-hydrogen) atoms. The normalized spacial score (nSPS) is 23.8. The number of rotatable bonds is 5. The van der Waals surface area contributed by atoms with E-state index in [1.807, 2.05) is 0 Å². The lowest BCUT2D eigenvalue weighted by Crippen LogP contribution is -2.43. The summed E-state index contributed by atoms with van der Waals surface area (Å²) in [5.41, 5.74) is 0. The van der Waals surface area contributed by atoms with Crippen molar-refractivity contribution in [1.29, 1.82) is 0 Å². The largest absolute Gasteiger partial charge is 0.381 e. The van der Waals surface area contributed by atoms with Crippen molar-refractivity contribution >= 4 is 5.91 Å². The summed E-state index contributed by atoms with van der Waals surface area (Å²) in [7, 11) is 0. The van der Waals surface area contributed by atoms with E-state index in [4.69, 9.17) is 4.74 Å². The van der Waals surface area contributed by atoms with Crippen molar-refractivity contribution in [2.75, 3.05) is 26.3 Å². The Morgan fingerprint density at radius 2 is 1.75 bits per heavy atom. The smallest absolute Gasteiger partial charge is 0.225 e. The van der Waals surface area contributed by atoms with Gasteiger partial charge in [0.15, 0.2) is 0 Å². The van der Waals surface area contributed by atoms with Crippen molar-refractivity contribution in [3.8, 4) is 0 Å². The van der Waals surface area contributed by atoms with Crippen LogP contribution in [-0.2, 0) is 9.53 Å². The molecule has 0 bridgehead atoms. The lowest BCUT2D eigenvalue weighted by Gasteiger charge is -2.38. The molecule has 2 saturated heterocycles. The predicted octanol–water partition coefficient (Wildman–Crippen LogP) is 3.48. The van der Waals surface area contributed by atoms with Crippen molar-refractivity contribution in [2.24, 2.45) is 17.8 Å². The van der Waals surface area contributed by atoms with Crippen molar-refractivity contribution in [3.05, 3.63) is 0 Å². The summed E-state index contributed by atoms with van der Waals surface area (Å²) in [4.78, 5) is 14.5. The van der Waals surface area contributed by atoms with Crippen molar-refractivity contribution < 1.29 is 9.53 Å². The first-order chi connectivity index (χ1) is 9.72. The zero-order valence-corrected chi connectivity index (χ0v) is 13.3. The second-order valence-corrected chi connectivity index (χ2v) is 6.66.